The number of carbonyl (C=O) groups is 2. The molecule has 6 rings (SSSR count). The molecule has 0 aliphatic carbocycles. The van der Waals surface area contributed by atoms with Crippen LogP contribution in [0.5, 0.6) is 5.75 Å². The van der Waals surface area contributed by atoms with Gasteiger partial charge in [-0.25, -0.2) is 14.6 Å². The van der Waals surface area contributed by atoms with Gasteiger partial charge >= 0.3 is 12.0 Å². The van der Waals surface area contributed by atoms with E-state index in [1.165, 1.54) is 11.1 Å². The molecule has 3 saturated heterocycles. The fourth-order valence-electron chi connectivity index (χ4n) is 6.54. The number of aromatic nitrogens is 1. The average molecular weight is 617 g/mol. The second-order valence-corrected chi connectivity index (χ2v) is 12.9. The highest BCUT2D eigenvalue weighted by molar-refractivity contribution is 7.99. The van der Waals surface area contributed by atoms with Crippen LogP contribution in [-0.4, -0.2) is 88.3 Å². The number of aryl methyl sites for hydroxylation is 1. The summed E-state index contributed by atoms with van der Waals surface area (Å²) in [6.45, 7) is 6.66. The van der Waals surface area contributed by atoms with E-state index in [-0.39, 0.29) is 30.8 Å². The Kier molecular flexibility index (Phi) is 9.69. The summed E-state index contributed by atoms with van der Waals surface area (Å²) in [5, 5.41) is 9.70. The molecule has 0 spiro atoms. The highest BCUT2D eigenvalue weighted by Gasteiger charge is 2.45. The van der Waals surface area contributed by atoms with Crippen molar-refractivity contribution < 1.29 is 24.2 Å². The predicted molar refractivity (Wildman–Crippen MR) is 168 cm³/mol. The summed E-state index contributed by atoms with van der Waals surface area (Å²) in [6.07, 6.45) is 3.76. The van der Waals surface area contributed by atoms with E-state index in [1.807, 2.05) is 18.2 Å². The molecule has 1 N–H and O–H groups in total. The number of piperidine rings is 1. The number of pyridine rings is 1. The molecular formula is C34H40N4O5S. The maximum Gasteiger partial charge on any atom is 0.341 e. The minimum Gasteiger partial charge on any atom is -0.482 e. The van der Waals surface area contributed by atoms with Crippen LogP contribution in [0.1, 0.15) is 48.5 Å². The van der Waals surface area contributed by atoms with Gasteiger partial charge in [0.25, 0.3) is 0 Å². The fraction of sp³-hybridized carbons (Fsp3) is 0.441. The predicted octanol–water partition coefficient (Wildman–Crippen LogP) is 5.63. The molecule has 9 nitrogen and oxygen atoms in total. The lowest BCUT2D eigenvalue weighted by atomic mass is 9.98. The van der Waals surface area contributed by atoms with Gasteiger partial charge in [-0.3, -0.25) is 4.90 Å². The van der Waals surface area contributed by atoms with Crippen molar-refractivity contribution in [3.8, 4) is 5.75 Å². The van der Waals surface area contributed by atoms with Crippen LogP contribution >= 0.6 is 11.8 Å². The molecule has 0 bridgehead atoms. The Morgan fingerprint density at radius 2 is 1.70 bits per heavy atom. The van der Waals surface area contributed by atoms with Crippen LogP contribution in [0.4, 0.5) is 4.79 Å². The first-order valence-electron chi connectivity index (χ1n) is 15.5. The third-order valence-electron chi connectivity index (χ3n) is 8.91. The van der Waals surface area contributed by atoms with Gasteiger partial charge in [-0.15, -0.1) is 0 Å². The number of benzene rings is 2. The van der Waals surface area contributed by atoms with Crippen molar-refractivity contribution in [2.45, 2.75) is 67.2 Å². The number of carboxylic acids is 1. The number of rotatable bonds is 10. The van der Waals surface area contributed by atoms with E-state index in [0.29, 0.717) is 5.75 Å². The van der Waals surface area contributed by atoms with E-state index in [4.69, 9.17) is 19.6 Å². The molecule has 0 saturated carbocycles. The minimum absolute atomic E-state index is 0.0908. The second-order valence-electron chi connectivity index (χ2n) is 11.8. The number of urea groups is 1. The largest absolute Gasteiger partial charge is 0.482 e. The van der Waals surface area contributed by atoms with E-state index in [2.05, 4.69) is 58.0 Å². The summed E-state index contributed by atoms with van der Waals surface area (Å²) < 4.78 is 10.8. The Morgan fingerprint density at radius 1 is 0.977 bits per heavy atom. The number of likely N-dealkylation sites (tertiary alicyclic amines) is 1. The number of amides is 2. The maximum absolute atomic E-state index is 13.9. The van der Waals surface area contributed by atoms with Gasteiger partial charge in [-0.05, 0) is 74.1 Å². The lowest BCUT2D eigenvalue weighted by Gasteiger charge is -2.39. The zero-order chi connectivity index (χ0) is 30.5. The van der Waals surface area contributed by atoms with E-state index >= 15 is 0 Å². The number of carbonyl (C=O) groups excluding carboxylic acids is 1. The van der Waals surface area contributed by atoms with Crippen molar-refractivity contribution in [1.29, 1.82) is 0 Å². The first-order valence-corrected chi connectivity index (χ1v) is 16.3. The summed E-state index contributed by atoms with van der Waals surface area (Å²) in [5.74, 6) is -0.468. The van der Waals surface area contributed by atoms with Crippen LogP contribution in [0, 0.1) is 6.92 Å². The van der Waals surface area contributed by atoms with Crippen LogP contribution in [0.15, 0.2) is 76.7 Å². The lowest BCUT2D eigenvalue weighted by molar-refractivity contribution is -0.139. The summed E-state index contributed by atoms with van der Waals surface area (Å²) in [5.41, 5.74) is 3.46. The number of ether oxygens (including phenoxy) is 2. The molecule has 44 heavy (non-hydrogen) atoms. The summed E-state index contributed by atoms with van der Waals surface area (Å²) >= 11 is 1.57. The Morgan fingerprint density at radius 3 is 2.39 bits per heavy atom. The molecule has 2 aromatic carbocycles. The summed E-state index contributed by atoms with van der Waals surface area (Å²) in [4.78, 5) is 37.3. The highest BCUT2D eigenvalue weighted by atomic mass is 32.2. The van der Waals surface area contributed by atoms with Gasteiger partial charge in [-0.2, -0.15) is 0 Å². The Hall–Kier alpha value is -3.60. The molecule has 3 fully saturated rings. The second kappa shape index (κ2) is 14.0. The zero-order valence-corrected chi connectivity index (χ0v) is 26.0. The zero-order valence-electron chi connectivity index (χ0n) is 25.1. The molecule has 0 unspecified atom stereocenters. The first kappa shape index (κ1) is 30.4. The smallest absolute Gasteiger partial charge is 0.341 e. The number of hydrogen-bond donors (Lipinski definition) is 1. The van der Waals surface area contributed by atoms with Crippen molar-refractivity contribution in [3.63, 3.8) is 0 Å². The van der Waals surface area contributed by atoms with Crippen molar-refractivity contribution in [2.75, 3.05) is 39.5 Å². The normalized spacial score (nSPS) is 20.3. The molecule has 4 heterocycles. The SMILES string of the molecule is Cc1nc(Sc2ccc(OCC(=O)O)cc2)ccc1CN1CCC(N2C(=O)N(C3CCOCC3)C[C@H]2c2ccccc2)CC1. The lowest BCUT2D eigenvalue weighted by Crippen LogP contribution is -2.48. The molecule has 0 radical (unpaired) electrons. The molecule has 1 aromatic heterocycles. The van der Waals surface area contributed by atoms with Crippen LogP contribution in [0.3, 0.4) is 0 Å². The number of nitrogens with zero attached hydrogens (tertiary/aromatic N) is 4. The topological polar surface area (TPSA) is 95.4 Å². The summed E-state index contributed by atoms with van der Waals surface area (Å²) in [7, 11) is 0. The van der Waals surface area contributed by atoms with Gasteiger partial charge in [0.2, 0.25) is 0 Å². The molecule has 3 aromatic rings. The molecule has 232 valence electrons. The van der Waals surface area contributed by atoms with Crippen LogP contribution in [0.2, 0.25) is 0 Å². The van der Waals surface area contributed by atoms with Gasteiger partial charge in [0.1, 0.15) is 10.8 Å². The molecular weight excluding hydrogens is 576 g/mol. The van der Waals surface area contributed by atoms with Crippen molar-refractivity contribution >= 4 is 23.8 Å². The van der Waals surface area contributed by atoms with Gasteiger partial charge in [0, 0.05) is 62.1 Å². The minimum atomic E-state index is -0.997. The third kappa shape index (κ3) is 7.20. The van der Waals surface area contributed by atoms with E-state index in [0.717, 1.165) is 80.7 Å². The molecule has 3 aliphatic rings. The van der Waals surface area contributed by atoms with Crippen molar-refractivity contribution in [1.82, 2.24) is 19.7 Å². The monoisotopic (exact) mass is 616 g/mol. The van der Waals surface area contributed by atoms with Crippen LogP contribution in [0.25, 0.3) is 0 Å². The van der Waals surface area contributed by atoms with Crippen LogP contribution in [-0.2, 0) is 16.1 Å². The summed E-state index contributed by atoms with van der Waals surface area (Å²) in [6, 6.07) is 22.9. The van der Waals surface area contributed by atoms with E-state index in [1.54, 1.807) is 23.9 Å². The van der Waals surface area contributed by atoms with Crippen molar-refractivity contribution in [2.24, 2.45) is 0 Å². The molecule has 2 amide bonds. The van der Waals surface area contributed by atoms with E-state index < -0.39 is 5.97 Å². The maximum atomic E-state index is 13.9. The number of aliphatic carboxylic acids is 1. The highest BCUT2D eigenvalue weighted by Crippen LogP contribution is 2.37. The van der Waals surface area contributed by atoms with E-state index in [9.17, 15) is 9.59 Å². The number of hydrogen-bond acceptors (Lipinski definition) is 7. The van der Waals surface area contributed by atoms with Gasteiger partial charge in [-0.1, -0.05) is 48.2 Å². The van der Waals surface area contributed by atoms with Crippen molar-refractivity contribution in [3.05, 3.63) is 83.6 Å². The van der Waals surface area contributed by atoms with Gasteiger partial charge < -0.3 is 24.4 Å². The van der Waals surface area contributed by atoms with Gasteiger partial charge in [0.15, 0.2) is 6.61 Å². The third-order valence-corrected chi connectivity index (χ3v) is 9.85. The number of carboxylic acid groups (broad SMARTS) is 1. The fourth-order valence-corrected chi connectivity index (χ4v) is 7.38. The Balaban J connectivity index is 1.06. The molecule has 3 aliphatic heterocycles. The standard InChI is InChI=1S/C34H40N4O5S/c1-24-26(7-12-32(35-24)44-30-10-8-29(9-11-30)43-23-33(39)40)21-36-17-13-28(14-18-36)38-31(25-5-3-2-4-6-25)22-37(34(38)41)27-15-19-42-20-16-27/h2-12,27-28,31H,13-23H2,1H3,(H,39,40)/t31-/m0/s1. The Labute approximate surface area is 263 Å². The Bertz CT molecular complexity index is 1430. The first-order chi connectivity index (χ1) is 21.4. The van der Waals surface area contributed by atoms with Crippen LogP contribution < -0.4 is 4.74 Å². The quantitative estimate of drug-likeness (QED) is 0.313. The molecule has 10 heteroatoms. The average Bonchev–Trinajstić information content (AvgIpc) is 3.40. The van der Waals surface area contributed by atoms with Gasteiger partial charge in [0.05, 0.1) is 6.04 Å². The molecule has 1 atom stereocenters.